The molecule has 0 radical (unpaired) electrons. The molecule has 0 heterocycles. The predicted molar refractivity (Wildman–Crippen MR) is 73.4 cm³/mol. The summed E-state index contributed by atoms with van der Waals surface area (Å²) in [6.07, 6.45) is 0. The summed E-state index contributed by atoms with van der Waals surface area (Å²) in [6.45, 7) is -0.0179. The van der Waals surface area contributed by atoms with Crippen LogP contribution in [0.25, 0.3) is 0 Å². The smallest absolute Gasteiger partial charge is 0.131 e. The minimum absolute atomic E-state index is 0.0179. The van der Waals surface area contributed by atoms with E-state index in [2.05, 4.69) is 5.43 Å². The molecule has 0 saturated heterocycles. The van der Waals surface area contributed by atoms with Crippen molar-refractivity contribution in [2.75, 3.05) is 6.61 Å². The van der Waals surface area contributed by atoms with Gasteiger partial charge >= 0.3 is 0 Å². The lowest BCUT2D eigenvalue weighted by Gasteiger charge is -2.18. The second kappa shape index (κ2) is 6.65. The van der Waals surface area contributed by atoms with Crippen molar-refractivity contribution in [2.24, 2.45) is 5.84 Å². The molecule has 0 aromatic heterocycles. The third-order valence-electron chi connectivity index (χ3n) is 2.78. The first kappa shape index (κ1) is 14.7. The summed E-state index contributed by atoms with van der Waals surface area (Å²) in [5, 5.41) is 0.575. The minimum atomic E-state index is -0.799. The van der Waals surface area contributed by atoms with Gasteiger partial charge in [-0.15, -0.1) is 0 Å². The molecule has 2 aromatic rings. The molecule has 1 atom stereocenters. The second-order valence-electron chi connectivity index (χ2n) is 4.12. The Labute approximate surface area is 120 Å². The van der Waals surface area contributed by atoms with Crippen molar-refractivity contribution in [3.63, 3.8) is 0 Å². The summed E-state index contributed by atoms with van der Waals surface area (Å²) in [4.78, 5) is 0. The number of ether oxygens (including phenoxy) is 1. The lowest BCUT2D eigenvalue weighted by Crippen LogP contribution is -2.33. The van der Waals surface area contributed by atoms with Gasteiger partial charge in [-0.3, -0.25) is 5.84 Å². The zero-order chi connectivity index (χ0) is 14.5. The van der Waals surface area contributed by atoms with Gasteiger partial charge in [0.05, 0.1) is 6.04 Å². The summed E-state index contributed by atoms with van der Waals surface area (Å²) < 4.78 is 32.8. The van der Waals surface area contributed by atoms with Gasteiger partial charge in [-0.25, -0.2) is 14.2 Å². The van der Waals surface area contributed by atoms with E-state index in [9.17, 15) is 8.78 Å². The Morgan fingerprint density at radius 2 is 1.70 bits per heavy atom. The molecule has 0 bridgehead atoms. The molecule has 0 aliphatic rings. The van der Waals surface area contributed by atoms with Crippen molar-refractivity contribution in [3.8, 4) is 5.75 Å². The second-order valence-corrected chi connectivity index (χ2v) is 4.56. The van der Waals surface area contributed by atoms with Gasteiger partial charge in [0.25, 0.3) is 0 Å². The van der Waals surface area contributed by atoms with Crippen LogP contribution in [0.4, 0.5) is 8.78 Å². The van der Waals surface area contributed by atoms with Crippen LogP contribution in [0.2, 0.25) is 5.02 Å². The van der Waals surface area contributed by atoms with E-state index in [0.717, 1.165) is 0 Å². The Balaban J connectivity index is 2.11. The zero-order valence-corrected chi connectivity index (χ0v) is 11.2. The van der Waals surface area contributed by atoms with E-state index < -0.39 is 17.7 Å². The van der Waals surface area contributed by atoms with Crippen LogP contribution < -0.4 is 16.0 Å². The predicted octanol–water partition coefficient (Wildman–Crippen LogP) is 3.20. The van der Waals surface area contributed by atoms with Crippen molar-refractivity contribution in [1.29, 1.82) is 0 Å². The Morgan fingerprint density at radius 3 is 2.25 bits per heavy atom. The van der Waals surface area contributed by atoms with E-state index in [1.165, 1.54) is 18.2 Å². The molecule has 0 aliphatic carbocycles. The minimum Gasteiger partial charge on any atom is -0.492 e. The van der Waals surface area contributed by atoms with Gasteiger partial charge in [0.15, 0.2) is 0 Å². The fourth-order valence-electron chi connectivity index (χ4n) is 1.77. The number of halogens is 3. The third-order valence-corrected chi connectivity index (χ3v) is 3.03. The van der Waals surface area contributed by atoms with Crippen LogP contribution >= 0.6 is 11.6 Å². The van der Waals surface area contributed by atoms with Crippen LogP contribution in [0.3, 0.4) is 0 Å². The number of hydrogen-bond donors (Lipinski definition) is 2. The van der Waals surface area contributed by atoms with E-state index in [0.29, 0.717) is 10.8 Å². The highest BCUT2D eigenvalue weighted by Gasteiger charge is 2.19. The van der Waals surface area contributed by atoms with Crippen LogP contribution in [-0.2, 0) is 0 Å². The molecule has 6 heteroatoms. The summed E-state index contributed by atoms with van der Waals surface area (Å²) in [5.41, 5.74) is 2.20. The molecule has 2 rings (SSSR count). The molecule has 0 saturated carbocycles. The van der Waals surface area contributed by atoms with Gasteiger partial charge in [-0.05, 0) is 36.4 Å². The van der Waals surface area contributed by atoms with E-state index >= 15 is 0 Å². The van der Waals surface area contributed by atoms with Gasteiger partial charge in [-0.2, -0.15) is 0 Å². The number of hydrogen-bond acceptors (Lipinski definition) is 3. The topological polar surface area (TPSA) is 47.3 Å². The average Bonchev–Trinajstić information content (AvgIpc) is 2.44. The lowest BCUT2D eigenvalue weighted by molar-refractivity contribution is 0.260. The summed E-state index contributed by atoms with van der Waals surface area (Å²) in [5.74, 6) is 4.53. The molecule has 3 N–H and O–H groups in total. The van der Waals surface area contributed by atoms with Gasteiger partial charge in [0.2, 0.25) is 0 Å². The van der Waals surface area contributed by atoms with E-state index in [-0.39, 0.29) is 12.2 Å². The maximum absolute atomic E-state index is 13.7. The number of hydrazine groups is 1. The normalized spacial score (nSPS) is 12.2. The van der Waals surface area contributed by atoms with E-state index in [1.54, 1.807) is 24.3 Å². The van der Waals surface area contributed by atoms with Gasteiger partial charge in [0.1, 0.15) is 24.0 Å². The molecule has 106 valence electrons. The molecule has 1 unspecified atom stereocenters. The van der Waals surface area contributed by atoms with Crippen LogP contribution in [0, 0.1) is 11.6 Å². The Bertz CT molecular complexity index is 558. The summed E-state index contributed by atoms with van der Waals surface area (Å²) in [6, 6.07) is 9.47. The summed E-state index contributed by atoms with van der Waals surface area (Å²) in [7, 11) is 0. The lowest BCUT2D eigenvalue weighted by atomic mass is 10.1. The van der Waals surface area contributed by atoms with Gasteiger partial charge in [-0.1, -0.05) is 17.7 Å². The third kappa shape index (κ3) is 3.45. The monoisotopic (exact) mass is 298 g/mol. The molecule has 20 heavy (non-hydrogen) atoms. The molecular weight excluding hydrogens is 286 g/mol. The molecule has 0 aliphatic heterocycles. The molecule has 0 fully saturated rings. The molecular formula is C14H13ClF2N2O. The maximum atomic E-state index is 13.7. The first-order valence-corrected chi connectivity index (χ1v) is 6.28. The molecule has 3 nitrogen and oxygen atoms in total. The number of benzene rings is 2. The number of nitrogens with one attached hydrogen (secondary N) is 1. The SMILES string of the molecule is NNC(COc1ccc(Cl)cc1)c1c(F)cccc1F. The standard InChI is InChI=1S/C14H13ClF2N2O/c15-9-4-6-10(7-5-9)20-8-13(19-18)14-11(16)2-1-3-12(14)17/h1-7,13,19H,8,18H2. The highest BCUT2D eigenvalue weighted by molar-refractivity contribution is 6.30. The zero-order valence-electron chi connectivity index (χ0n) is 10.4. The fourth-order valence-corrected chi connectivity index (χ4v) is 1.89. The van der Waals surface area contributed by atoms with Crippen LogP contribution in [0.5, 0.6) is 5.75 Å². The van der Waals surface area contributed by atoms with Crippen molar-refractivity contribution in [2.45, 2.75) is 6.04 Å². The highest BCUT2D eigenvalue weighted by atomic mass is 35.5. The Hall–Kier alpha value is -1.69. The molecule has 2 aromatic carbocycles. The molecule has 0 amide bonds. The van der Waals surface area contributed by atoms with Gasteiger partial charge < -0.3 is 4.74 Å². The largest absolute Gasteiger partial charge is 0.492 e. The first-order valence-electron chi connectivity index (χ1n) is 5.90. The first-order chi connectivity index (χ1) is 9.61. The maximum Gasteiger partial charge on any atom is 0.131 e. The van der Waals surface area contributed by atoms with E-state index in [4.69, 9.17) is 22.2 Å². The number of nitrogens with two attached hydrogens (primary N) is 1. The van der Waals surface area contributed by atoms with Crippen LogP contribution in [0.15, 0.2) is 42.5 Å². The summed E-state index contributed by atoms with van der Waals surface area (Å²) >= 11 is 5.75. The van der Waals surface area contributed by atoms with E-state index in [1.807, 2.05) is 0 Å². The number of rotatable bonds is 5. The van der Waals surface area contributed by atoms with Crippen molar-refractivity contribution < 1.29 is 13.5 Å². The van der Waals surface area contributed by atoms with Crippen molar-refractivity contribution in [3.05, 3.63) is 64.7 Å². The highest BCUT2D eigenvalue weighted by Crippen LogP contribution is 2.22. The molecule has 0 spiro atoms. The average molecular weight is 299 g/mol. The van der Waals surface area contributed by atoms with Crippen LogP contribution in [0.1, 0.15) is 11.6 Å². The fraction of sp³-hybridized carbons (Fsp3) is 0.143. The van der Waals surface area contributed by atoms with Gasteiger partial charge in [0, 0.05) is 10.6 Å². The quantitative estimate of drug-likeness (QED) is 0.658. The Morgan fingerprint density at radius 1 is 1.10 bits per heavy atom. The Kier molecular flexibility index (Phi) is 4.89. The van der Waals surface area contributed by atoms with Crippen molar-refractivity contribution in [1.82, 2.24) is 5.43 Å². The van der Waals surface area contributed by atoms with Crippen molar-refractivity contribution >= 4 is 11.6 Å². The van der Waals surface area contributed by atoms with Crippen LogP contribution in [-0.4, -0.2) is 6.61 Å².